The first kappa shape index (κ1) is 14.6. The van der Waals surface area contributed by atoms with Gasteiger partial charge < -0.3 is 4.90 Å². The zero-order chi connectivity index (χ0) is 16.8. The third kappa shape index (κ3) is 2.48. The van der Waals surface area contributed by atoms with Crippen LogP contribution in [0.3, 0.4) is 0 Å². The Labute approximate surface area is 144 Å². The summed E-state index contributed by atoms with van der Waals surface area (Å²) in [6.45, 7) is 1.54. The van der Waals surface area contributed by atoms with Crippen molar-refractivity contribution in [3.05, 3.63) is 46.1 Å². The first-order valence-corrected chi connectivity index (χ1v) is 8.81. The minimum Gasteiger partial charge on any atom is -0.350 e. The summed E-state index contributed by atoms with van der Waals surface area (Å²) >= 11 is 0. The molecule has 1 aliphatic carbocycles. The van der Waals surface area contributed by atoms with Crippen molar-refractivity contribution in [1.29, 1.82) is 0 Å². The molecule has 25 heavy (non-hydrogen) atoms. The van der Waals surface area contributed by atoms with Crippen LogP contribution >= 0.6 is 0 Å². The summed E-state index contributed by atoms with van der Waals surface area (Å²) in [5.41, 5.74) is 2.96. The van der Waals surface area contributed by atoms with Gasteiger partial charge in [-0.2, -0.15) is 9.61 Å². The molecule has 0 saturated carbocycles. The highest BCUT2D eigenvalue weighted by molar-refractivity contribution is 5.46. The molecule has 8 nitrogen and oxygen atoms in total. The second-order valence-electron chi connectivity index (χ2n) is 6.80. The molecule has 0 radical (unpaired) electrons. The Balaban J connectivity index is 1.44. The molecule has 5 rings (SSSR count). The summed E-state index contributed by atoms with van der Waals surface area (Å²) < 4.78 is 3.33. The van der Waals surface area contributed by atoms with E-state index in [1.54, 1.807) is 21.6 Å². The van der Waals surface area contributed by atoms with Crippen molar-refractivity contribution in [3.63, 3.8) is 0 Å². The Bertz CT molecular complexity index is 992. The molecule has 0 spiro atoms. The highest BCUT2D eigenvalue weighted by Crippen LogP contribution is 2.25. The lowest BCUT2D eigenvalue weighted by molar-refractivity contribution is 0.480. The number of aromatic nitrogens is 6. The molecule has 0 N–H and O–H groups in total. The Kier molecular flexibility index (Phi) is 3.29. The third-order valence-corrected chi connectivity index (χ3v) is 5.23. The van der Waals surface area contributed by atoms with Crippen LogP contribution in [-0.2, 0) is 19.4 Å². The highest BCUT2D eigenvalue weighted by Gasteiger charge is 2.27. The maximum absolute atomic E-state index is 12.4. The van der Waals surface area contributed by atoms with Gasteiger partial charge in [0.1, 0.15) is 12.1 Å². The second-order valence-corrected chi connectivity index (χ2v) is 6.80. The summed E-state index contributed by atoms with van der Waals surface area (Å²) in [5.74, 6) is 0.893. The van der Waals surface area contributed by atoms with E-state index in [4.69, 9.17) is 0 Å². The van der Waals surface area contributed by atoms with Crippen LogP contribution in [0.2, 0.25) is 0 Å². The number of aryl methyl sites for hydroxylation is 2. The van der Waals surface area contributed by atoms with E-state index < -0.39 is 0 Å². The van der Waals surface area contributed by atoms with Crippen molar-refractivity contribution in [2.24, 2.45) is 0 Å². The molecule has 1 aliphatic heterocycles. The van der Waals surface area contributed by atoms with Crippen molar-refractivity contribution < 1.29 is 0 Å². The minimum absolute atomic E-state index is 0.00900. The summed E-state index contributed by atoms with van der Waals surface area (Å²) in [5, 5.41) is 17.1. The van der Waals surface area contributed by atoms with E-state index in [0.29, 0.717) is 6.54 Å². The number of anilines is 1. The van der Waals surface area contributed by atoms with E-state index in [-0.39, 0.29) is 11.6 Å². The third-order valence-electron chi connectivity index (χ3n) is 5.23. The standard InChI is InChI=1S/C17H19N7O/c25-17-9-12-3-1-5-14(12)20-23(17)10-13-4-2-8-22(13)16-7-6-15-19-18-11-24(15)21-16/h6-7,9,11,13H,1-5,8,10H2. The maximum atomic E-state index is 12.4. The fourth-order valence-corrected chi connectivity index (χ4v) is 3.97. The van der Waals surface area contributed by atoms with E-state index in [2.05, 4.69) is 25.3 Å². The quantitative estimate of drug-likeness (QED) is 0.704. The molecule has 0 amide bonds. The van der Waals surface area contributed by atoms with Gasteiger partial charge in [-0.25, -0.2) is 4.68 Å². The number of hydrogen-bond acceptors (Lipinski definition) is 6. The van der Waals surface area contributed by atoms with Crippen LogP contribution in [0, 0.1) is 0 Å². The SMILES string of the molecule is O=c1cc2c(nn1CC1CCCN1c1ccc3nncn3n1)CCC2. The van der Waals surface area contributed by atoms with E-state index >= 15 is 0 Å². The fraction of sp³-hybridized carbons (Fsp3) is 0.471. The van der Waals surface area contributed by atoms with Crippen molar-refractivity contribution in [1.82, 2.24) is 29.6 Å². The molecule has 2 aliphatic rings. The molecule has 1 fully saturated rings. The van der Waals surface area contributed by atoms with Crippen LogP contribution < -0.4 is 10.5 Å². The largest absolute Gasteiger partial charge is 0.350 e. The second kappa shape index (κ2) is 5.65. The van der Waals surface area contributed by atoms with Gasteiger partial charge in [0.15, 0.2) is 5.65 Å². The van der Waals surface area contributed by atoms with Crippen LogP contribution in [0.4, 0.5) is 5.82 Å². The van der Waals surface area contributed by atoms with E-state index in [9.17, 15) is 4.79 Å². The van der Waals surface area contributed by atoms with Gasteiger partial charge in [-0.05, 0) is 49.8 Å². The van der Waals surface area contributed by atoms with Crippen molar-refractivity contribution in [2.75, 3.05) is 11.4 Å². The van der Waals surface area contributed by atoms with E-state index in [1.807, 2.05) is 12.1 Å². The molecule has 1 atom stereocenters. The monoisotopic (exact) mass is 337 g/mol. The number of fused-ring (bicyclic) bond motifs is 2. The minimum atomic E-state index is 0.00900. The Morgan fingerprint density at radius 3 is 3.08 bits per heavy atom. The van der Waals surface area contributed by atoms with Crippen molar-refractivity contribution in [2.45, 2.75) is 44.7 Å². The summed E-state index contributed by atoms with van der Waals surface area (Å²) in [6, 6.07) is 5.90. The van der Waals surface area contributed by atoms with Crippen LogP contribution in [0.15, 0.2) is 29.3 Å². The van der Waals surface area contributed by atoms with E-state index in [1.165, 1.54) is 0 Å². The Morgan fingerprint density at radius 2 is 2.12 bits per heavy atom. The zero-order valence-corrected chi connectivity index (χ0v) is 13.9. The van der Waals surface area contributed by atoms with Crippen LogP contribution in [0.1, 0.15) is 30.5 Å². The van der Waals surface area contributed by atoms with Crippen LogP contribution in [0.5, 0.6) is 0 Å². The predicted molar refractivity (Wildman–Crippen MR) is 91.7 cm³/mol. The van der Waals surface area contributed by atoms with Crippen LogP contribution in [0.25, 0.3) is 5.65 Å². The molecule has 8 heteroatoms. The smallest absolute Gasteiger partial charge is 0.267 e. The predicted octanol–water partition coefficient (Wildman–Crippen LogP) is 0.839. The lowest BCUT2D eigenvalue weighted by Crippen LogP contribution is -2.38. The highest BCUT2D eigenvalue weighted by atomic mass is 16.1. The topological polar surface area (TPSA) is 81.2 Å². The molecule has 0 bridgehead atoms. The molecule has 1 saturated heterocycles. The molecule has 4 heterocycles. The van der Waals surface area contributed by atoms with Gasteiger partial charge in [0.25, 0.3) is 5.56 Å². The van der Waals surface area contributed by atoms with Gasteiger partial charge >= 0.3 is 0 Å². The zero-order valence-electron chi connectivity index (χ0n) is 13.9. The summed E-state index contributed by atoms with van der Waals surface area (Å²) in [7, 11) is 0. The van der Waals surface area contributed by atoms with Crippen LogP contribution in [-0.4, -0.2) is 42.2 Å². The molecule has 0 aromatic carbocycles. The van der Waals surface area contributed by atoms with E-state index in [0.717, 1.165) is 61.4 Å². The van der Waals surface area contributed by atoms with Gasteiger partial charge in [0.05, 0.1) is 18.3 Å². The average Bonchev–Trinajstić information content (AvgIpc) is 3.34. The first-order valence-electron chi connectivity index (χ1n) is 8.81. The lowest BCUT2D eigenvalue weighted by Gasteiger charge is -2.25. The normalized spacial score (nSPS) is 19.7. The number of rotatable bonds is 3. The maximum Gasteiger partial charge on any atom is 0.267 e. The fourth-order valence-electron chi connectivity index (χ4n) is 3.97. The van der Waals surface area contributed by atoms with Gasteiger partial charge in [-0.1, -0.05) is 0 Å². The van der Waals surface area contributed by atoms with Crippen molar-refractivity contribution >= 4 is 11.5 Å². The van der Waals surface area contributed by atoms with Gasteiger partial charge in [-0.15, -0.1) is 15.3 Å². The molecular weight excluding hydrogens is 318 g/mol. The first-order chi connectivity index (χ1) is 12.3. The Hall–Kier alpha value is -2.77. The molecule has 3 aromatic heterocycles. The van der Waals surface area contributed by atoms with Gasteiger partial charge in [0, 0.05) is 12.6 Å². The lowest BCUT2D eigenvalue weighted by atomic mass is 10.2. The summed E-state index contributed by atoms with van der Waals surface area (Å²) in [4.78, 5) is 14.7. The molecule has 3 aromatic rings. The average molecular weight is 337 g/mol. The molecular formula is C17H19N7O. The molecule has 128 valence electrons. The molecule has 1 unspecified atom stereocenters. The van der Waals surface area contributed by atoms with Crippen molar-refractivity contribution in [3.8, 4) is 0 Å². The van der Waals surface area contributed by atoms with Gasteiger partial charge in [0.2, 0.25) is 0 Å². The Morgan fingerprint density at radius 1 is 1.16 bits per heavy atom. The van der Waals surface area contributed by atoms with Gasteiger partial charge in [-0.3, -0.25) is 4.79 Å². The number of hydrogen-bond donors (Lipinski definition) is 0. The summed E-state index contributed by atoms with van der Waals surface area (Å²) in [6.07, 6.45) is 6.80. The number of nitrogens with zero attached hydrogens (tertiary/aromatic N) is 7.